The smallest absolute Gasteiger partial charge is 0.360 e. The third kappa shape index (κ3) is 3.22. The van der Waals surface area contributed by atoms with E-state index in [9.17, 15) is 9.59 Å². The van der Waals surface area contributed by atoms with Crippen molar-refractivity contribution >= 4 is 28.4 Å². The molecule has 1 amide bonds. The van der Waals surface area contributed by atoms with Crippen molar-refractivity contribution in [3.8, 4) is 5.82 Å². The van der Waals surface area contributed by atoms with Gasteiger partial charge in [-0.1, -0.05) is 18.2 Å². The molecule has 0 spiro atoms. The van der Waals surface area contributed by atoms with Crippen molar-refractivity contribution < 1.29 is 9.21 Å². The summed E-state index contributed by atoms with van der Waals surface area (Å²) in [6, 6.07) is 12.4. The number of carbonyl (C=O) groups excluding carboxylic acids is 1. The van der Waals surface area contributed by atoms with Crippen molar-refractivity contribution in [2.45, 2.75) is 0 Å². The first kappa shape index (κ1) is 17.1. The molecule has 1 N–H and O–H groups in total. The monoisotopic (exact) mass is 388 g/mol. The predicted molar refractivity (Wildman–Crippen MR) is 106 cm³/mol. The van der Waals surface area contributed by atoms with E-state index in [2.05, 4.69) is 20.4 Å². The quantitative estimate of drug-likeness (QED) is 0.532. The van der Waals surface area contributed by atoms with Gasteiger partial charge in [0.2, 0.25) is 5.91 Å². The van der Waals surface area contributed by atoms with Crippen molar-refractivity contribution in [2.75, 3.05) is 23.3 Å². The molecule has 1 aliphatic heterocycles. The molecule has 3 aromatic heterocycles. The van der Waals surface area contributed by atoms with E-state index in [1.807, 2.05) is 29.2 Å². The third-order valence-electron chi connectivity index (χ3n) is 4.85. The van der Waals surface area contributed by atoms with Crippen LogP contribution in [-0.4, -0.2) is 38.7 Å². The Morgan fingerprint density at radius 3 is 2.76 bits per heavy atom. The average Bonchev–Trinajstić information content (AvgIpc) is 3.23. The van der Waals surface area contributed by atoms with Crippen LogP contribution in [0.25, 0.3) is 16.8 Å². The first-order valence-electron chi connectivity index (χ1n) is 9.08. The topological polar surface area (TPSA) is 106 Å². The fraction of sp³-hybridized carbons (Fsp3) is 0.150. The van der Waals surface area contributed by atoms with Crippen LogP contribution in [0.5, 0.6) is 0 Å². The van der Waals surface area contributed by atoms with Gasteiger partial charge in [0.05, 0.1) is 5.92 Å². The number of nitrogens with one attached hydrogen (secondary N) is 1. The number of amides is 1. The van der Waals surface area contributed by atoms with Gasteiger partial charge in [-0.2, -0.15) is 5.10 Å². The van der Waals surface area contributed by atoms with E-state index in [4.69, 9.17) is 4.42 Å². The number of anilines is 2. The summed E-state index contributed by atoms with van der Waals surface area (Å²) in [6.07, 6.45) is 4.95. The Labute approximate surface area is 164 Å². The van der Waals surface area contributed by atoms with Gasteiger partial charge in [0.25, 0.3) is 0 Å². The van der Waals surface area contributed by atoms with Gasteiger partial charge in [-0.25, -0.2) is 19.4 Å². The number of rotatable bonds is 4. The van der Waals surface area contributed by atoms with E-state index in [0.717, 1.165) is 11.2 Å². The zero-order chi connectivity index (χ0) is 19.8. The molecule has 0 bridgehead atoms. The summed E-state index contributed by atoms with van der Waals surface area (Å²) in [6.45, 7) is 1.00. The van der Waals surface area contributed by atoms with Crippen LogP contribution < -0.4 is 15.8 Å². The fourth-order valence-corrected chi connectivity index (χ4v) is 3.26. The number of carbonyl (C=O) groups is 1. The minimum Gasteiger partial charge on any atom is -0.421 e. The van der Waals surface area contributed by atoms with E-state index >= 15 is 0 Å². The molecule has 5 rings (SSSR count). The maximum atomic E-state index is 12.5. The lowest BCUT2D eigenvalue weighted by atomic mass is 9.99. The number of para-hydroxylation sites is 1. The first-order valence-corrected chi connectivity index (χ1v) is 9.08. The highest BCUT2D eigenvalue weighted by molar-refractivity contribution is 5.95. The van der Waals surface area contributed by atoms with E-state index in [0.29, 0.717) is 24.5 Å². The molecule has 0 aliphatic carbocycles. The van der Waals surface area contributed by atoms with Crippen LogP contribution >= 0.6 is 0 Å². The number of aromatic nitrogens is 4. The van der Waals surface area contributed by atoms with Gasteiger partial charge in [-0.15, -0.1) is 0 Å². The number of nitrogens with zero attached hydrogens (tertiary/aromatic N) is 5. The summed E-state index contributed by atoms with van der Waals surface area (Å²) < 4.78 is 6.91. The summed E-state index contributed by atoms with van der Waals surface area (Å²) in [5.41, 5.74) is 0.0742. The Morgan fingerprint density at radius 1 is 1.10 bits per heavy atom. The van der Waals surface area contributed by atoms with Gasteiger partial charge >= 0.3 is 5.63 Å². The fourth-order valence-electron chi connectivity index (χ4n) is 3.26. The lowest BCUT2D eigenvalue weighted by Crippen LogP contribution is -2.52. The predicted octanol–water partition coefficient (Wildman–Crippen LogP) is 1.84. The van der Waals surface area contributed by atoms with E-state index in [1.165, 1.54) is 6.33 Å². The van der Waals surface area contributed by atoms with Crippen LogP contribution in [-0.2, 0) is 4.79 Å². The van der Waals surface area contributed by atoms with Crippen LogP contribution in [0.1, 0.15) is 0 Å². The van der Waals surface area contributed by atoms with Crippen LogP contribution in [0.2, 0.25) is 0 Å². The SMILES string of the molecule is O=C(Nc1cc2ccccc2oc1=O)C1CN(c2cc(-n3cccn3)ncn2)C1. The Bertz CT molecular complexity index is 1240. The molecule has 1 saturated heterocycles. The van der Waals surface area contributed by atoms with Crippen molar-refractivity contribution in [1.82, 2.24) is 19.7 Å². The minimum atomic E-state index is -0.562. The van der Waals surface area contributed by atoms with E-state index < -0.39 is 5.63 Å². The molecule has 9 heteroatoms. The second-order valence-corrected chi connectivity index (χ2v) is 6.76. The van der Waals surface area contributed by atoms with Gasteiger partial charge in [0.1, 0.15) is 23.4 Å². The third-order valence-corrected chi connectivity index (χ3v) is 4.85. The molecule has 4 heterocycles. The molecule has 4 aromatic rings. The van der Waals surface area contributed by atoms with Crippen LogP contribution in [0.4, 0.5) is 11.5 Å². The number of hydrogen-bond acceptors (Lipinski definition) is 7. The molecule has 9 nitrogen and oxygen atoms in total. The molecule has 144 valence electrons. The molecule has 0 radical (unpaired) electrons. The minimum absolute atomic E-state index is 0.148. The Hall–Kier alpha value is -4.01. The molecular weight excluding hydrogens is 372 g/mol. The summed E-state index contributed by atoms with van der Waals surface area (Å²) in [5.74, 6) is 0.913. The highest BCUT2D eigenvalue weighted by Crippen LogP contribution is 2.25. The maximum Gasteiger partial charge on any atom is 0.360 e. The van der Waals surface area contributed by atoms with Gasteiger partial charge in [-0.3, -0.25) is 4.79 Å². The first-order chi connectivity index (χ1) is 14.2. The lowest BCUT2D eigenvalue weighted by Gasteiger charge is -2.38. The van der Waals surface area contributed by atoms with Crippen molar-refractivity contribution in [3.05, 3.63) is 71.6 Å². The van der Waals surface area contributed by atoms with Gasteiger partial charge < -0.3 is 14.6 Å². The van der Waals surface area contributed by atoms with Crippen LogP contribution in [0.3, 0.4) is 0 Å². The second-order valence-electron chi connectivity index (χ2n) is 6.76. The molecule has 1 aliphatic rings. The molecule has 0 atom stereocenters. The summed E-state index contributed by atoms with van der Waals surface area (Å²) >= 11 is 0. The highest BCUT2D eigenvalue weighted by atomic mass is 16.4. The lowest BCUT2D eigenvalue weighted by molar-refractivity contribution is -0.120. The van der Waals surface area contributed by atoms with Crippen LogP contribution in [0, 0.1) is 5.92 Å². The van der Waals surface area contributed by atoms with Crippen molar-refractivity contribution in [1.29, 1.82) is 0 Å². The Morgan fingerprint density at radius 2 is 1.93 bits per heavy atom. The maximum absolute atomic E-state index is 12.5. The second kappa shape index (κ2) is 6.86. The summed E-state index contributed by atoms with van der Waals surface area (Å²) in [5, 5.41) is 7.60. The highest BCUT2D eigenvalue weighted by Gasteiger charge is 2.34. The number of benzene rings is 1. The normalized spacial score (nSPS) is 14.0. The summed E-state index contributed by atoms with van der Waals surface area (Å²) in [4.78, 5) is 35.1. The standard InChI is InChI=1S/C20H16N6O3/c27-19(24-15-8-13-4-1-2-5-16(13)29-20(15)28)14-10-25(11-14)17-9-18(22-12-21-17)26-7-3-6-23-26/h1-9,12,14H,10-11H2,(H,24,27). The molecule has 1 aromatic carbocycles. The van der Waals surface area contributed by atoms with E-state index in [1.54, 1.807) is 35.3 Å². The van der Waals surface area contributed by atoms with Gasteiger partial charge in [0, 0.05) is 36.9 Å². The van der Waals surface area contributed by atoms with E-state index in [-0.39, 0.29) is 17.5 Å². The molecule has 0 saturated carbocycles. The number of fused-ring (bicyclic) bond motifs is 1. The zero-order valence-electron chi connectivity index (χ0n) is 15.2. The Balaban J connectivity index is 1.27. The molecule has 29 heavy (non-hydrogen) atoms. The average molecular weight is 388 g/mol. The molecule has 0 unspecified atom stereocenters. The van der Waals surface area contributed by atoms with Crippen molar-refractivity contribution in [3.63, 3.8) is 0 Å². The molecule has 1 fully saturated rings. The zero-order valence-corrected chi connectivity index (χ0v) is 15.2. The van der Waals surface area contributed by atoms with Gasteiger partial charge in [-0.05, 0) is 18.2 Å². The summed E-state index contributed by atoms with van der Waals surface area (Å²) in [7, 11) is 0. The van der Waals surface area contributed by atoms with Crippen molar-refractivity contribution in [2.24, 2.45) is 5.92 Å². The van der Waals surface area contributed by atoms with Crippen LogP contribution in [0.15, 0.2) is 70.4 Å². The number of hydrogen-bond donors (Lipinski definition) is 1. The van der Waals surface area contributed by atoms with Gasteiger partial charge in [0.15, 0.2) is 5.82 Å². The Kier molecular flexibility index (Phi) is 4.05. The molecular formula is C20H16N6O3. The largest absolute Gasteiger partial charge is 0.421 e.